The molecule has 0 aliphatic carbocycles. The lowest BCUT2D eigenvalue weighted by atomic mass is 10.3. The highest BCUT2D eigenvalue weighted by atomic mass is 16.3. The van der Waals surface area contributed by atoms with Gasteiger partial charge in [-0.25, -0.2) is 4.98 Å². The van der Waals surface area contributed by atoms with Gasteiger partial charge in [-0.3, -0.25) is 0 Å². The van der Waals surface area contributed by atoms with Crippen molar-refractivity contribution in [2.24, 2.45) is 0 Å². The Bertz CT molecular complexity index is 463. The van der Waals surface area contributed by atoms with E-state index in [9.17, 15) is 0 Å². The van der Waals surface area contributed by atoms with Crippen LogP contribution in [0.1, 0.15) is 6.92 Å². The van der Waals surface area contributed by atoms with E-state index < -0.39 is 6.10 Å². The fourth-order valence-corrected chi connectivity index (χ4v) is 1.36. The summed E-state index contributed by atoms with van der Waals surface area (Å²) in [6.07, 6.45) is -0.400. The van der Waals surface area contributed by atoms with Crippen molar-refractivity contribution < 1.29 is 5.11 Å². The molecule has 80 valence electrons. The first-order chi connectivity index (χ1) is 7.15. The van der Waals surface area contributed by atoms with Crippen molar-refractivity contribution in [3.63, 3.8) is 0 Å². The van der Waals surface area contributed by atoms with Gasteiger partial charge in [-0.05, 0) is 25.1 Å². The first kappa shape index (κ1) is 9.79. The Labute approximate surface area is 87.3 Å². The molecule has 0 spiro atoms. The smallest absolute Gasteiger partial charge is 0.201 e. The summed E-state index contributed by atoms with van der Waals surface area (Å²) in [7, 11) is 0. The fraction of sp³-hybridized carbons (Fsp3) is 0.300. The summed E-state index contributed by atoms with van der Waals surface area (Å²) in [5, 5.41) is 12.1. The number of H-pyrrole nitrogens is 1. The molecule has 15 heavy (non-hydrogen) atoms. The number of hydrogen-bond donors (Lipinski definition) is 4. The lowest BCUT2D eigenvalue weighted by Crippen LogP contribution is -2.15. The third kappa shape index (κ3) is 2.19. The SMILES string of the molecule is CC(O)CNc1nc2ccc(N)cc2[nH]1. The molecule has 5 nitrogen and oxygen atoms in total. The van der Waals surface area contributed by atoms with E-state index in [2.05, 4.69) is 15.3 Å². The maximum Gasteiger partial charge on any atom is 0.201 e. The minimum absolute atomic E-state index is 0.400. The molecule has 1 unspecified atom stereocenters. The number of aromatic nitrogens is 2. The monoisotopic (exact) mass is 206 g/mol. The van der Waals surface area contributed by atoms with Gasteiger partial charge in [0, 0.05) is 12.2 Å². The predicted octanol–water partition coefficient (Wildman–Crippen LogP) is 0.938. The van der Waals surface area contributed by atoms with Crippen molar-refractivity contribution in [3.05, 3.63) is 18.2 Å². The Kier molecular flexibility index (Phi) is 2.47. The zero-order valence-electron chi connectivity index (χ0n) is 8.49. The van der Waals surface area contributed by atoms with Crippen LogP contribution in [0, 0.1) is 0 Å². The normalized spacial score (nSPS) is 12.9. The van der Waals surface area contributed by atoms with Gasteiger partial charge in [-0.1, -0.05) is 0 Å². The van der Waals surface area contributed by atoms with Crippen LogP contribution in [0.5, 0.6) is 0 Å². The zero-order chi connectivity index (χ0) is 10.8. The summed E-state index contributed by atoms with van der Waals surface area (Å²) in [4.78, 5) is 7.37. The Balaban J connectivity index is 2.23. The number of hydrogen-bond acceptors (Lipinski definition) is 4. The van der Waals surface area contributed by atoms with Gasteiger partial charge in [-0.15, -0.1) is 0 Å². The Morgan fingerprint density at radius 2 is 2.40 bits per heavy atom. The molecule has 1 heterocycles. The zero-order valence-corrected chi connectivity index (χ0v) is 8.49. The van der Waals surface area contributed by atoms with Crippen molar-refractivity contribution in [3.8, 4) is 0 Å². The lowest BCUT2D eigenvalue weighted by molar-refractivity contribution is 0.208. The number of anilines is 2. The average molecular weight is 206 g/mol. The van der Waals surface area contributed by atoms with Crippen molar-refractivity contribution in [2.45, 2.75) is 13.0 Å². The van der Waals surface area contributed by atoms with E-state index in [1.165, 1.54) is 0 Å². The number of nitrogens with one attached hydrogen (secondary N) is 2. The van der Waals surface area contributed by atoms with E-state index in [1.54, 1.807) is 6.92 Å². The highest BCUT2D eigenvalue weighted by Crippen LogP contribution is 2.16. The van der Waals surface area contributed by atoms with Gasteiger partial charge in [-0.2, -0.15) is 0 Å². The molecule has 1 aromatic heterocycles. The van der Waals surface area contributed by atoms with Crippen LogP contribution in [0.15, 0.2) is 18.2 Å². The number of aromatic amines is 1. The standard InChI is InChI=1S/C10H14N4O/c1-6(15)5-12-10-13-8-3-2-7(11)4-9(8)14-10/h2-4,6,15H,5,11H2,1H3,(H2,12,13,14). The van der Waals surface area contributed by atoms with Crippen LogP contribution < -0.4 is 11.1 Å². The molecule has 2 aromatic rings. The quantitative estimate of drug-likeness (QED) is 0.563. The van der Waals surface area contributed by atoms with Crippen LogP contribution in [-0.4, -0.2) is 27.7 Å². The number of aliphatic hydroxyl groups is 1. The van der Waals surface area contributed by atoms with E-state index in [-0.39, 0.29) is 0 Å². The van der Waals surface area contributed by atoms with Gasteiger partial charge in [0.05, 0.1) is 17.1 Å². The number of nitrogens with two attached hydrogens (primary N) is 1. The highest BCUT2D eigenvalue weighted by molar-refractivity contribution is 5.80. The Morgan fingerprint density at radius 1 is 1.60 bits per heavy atom. The third-order valence-electron chi connectivity index (χ3n) is 2.07. The molecule has 0 radical (unpaired) electrons. The number of fused-ring (bicyclic) bond motifs is 1. The Hall–Kier alpha value is -1.75. The van der Waals surface area contributed by atoms with E-state index >= 15 is 0 Å². The van der Waals surface area contributed by atoms with Crippen LogP contribution in [-0.2, 0) is 0 Å². The van der Waals surface area contributed by atoms with Crippen LogP contribution in [0.3, 0.4) is 0 Å². The Morgan fingerprint density at radius 3 is 3.13 bits per heavy atom. The number of imidazole rings is 1. The van der Waals surface area contributed by atoms with Gasteiger partial charge >= 0.3 is 0 Å². The number of nitrogens with zero attached hydrogens (tertiary/aromatic N) is 1. The first-order valence-corrected chi connectivity index (χ1v) is 4.82. The van der Waals surface area contributed by atoms with Gasteiger partial charge in [0.1, 0.15) is 0 Å². The summed E-state index contributed by atoms with van der Waals surface area (Å²) in [6.45, 7) is 2.18. The van der Waals surface area contributed by atoms with Gasteiger partial charge in [0.15, 0.2) is 0 Å². The van der Waals surface area contributed by atoms with Crippen LogP contribution >= 0.6 is 0 Å². The molecule has 5 heteroatoms. The summed E-state index contributed by atoms with van der Waals surface area (Å²) >= 11 is 0. The van der Waals surface area contributed by atoms with Crippen LogP contribution in [0.25, 0.3) is 11.0 Å². The number of rotatable bonds is 3. The van der Waals surface area contributed by atoms with E-state index in [0.29, 0.717) is 18.2 Å². The summed E-state index contributed by atoms with van der Waals surface area (Å²) < 4.78 is 0. The van der Waals surface area contributed by atoms with Crippen LogP contribution in [0.2, 0.25) is 0 Å². The average Bonchev–Trinajstić information content (AvgIpc) is 2.56. The van der Waals surface area contributed by atoms with Crippen molar-refractivity contribution >= 4 is 22.7 Å². The fourth-order valence-electron chi connectivity index (χ4n) is 1.36. The minimum atomic E-state index is -0.400. The largest absolute Gasteiger partial charge is 0.399 e. The summed E-state index contributed by atoms with van der Waals surface area (Å²) in [5.41, 5.74) is 8.10. The molecule has 0 aliphatic heterocycles. The molecule has 0 saturated carbocycles. The molecule has 0 fully saturated rings. The lowest BCUT2D eigenvalue weighted by Gasteiger charge is -2.03. The molecular formula is C10H14N4O. The highest BCUT2D eigenvalue weighted by Gasteiger charge is 2.03. The topological polar surface area (TPSA) is 87.0 Å². The second kappa shape index (κ2) is 3.78. The van der Waals surface area contributed by atoms with Crippen LogP contribution in [0.4, 0.5) is 11.6 Å². The predicted molar refractivity (Wildman–Crippen MR) is 60.7 cm³/mol. The van der Waals surface area contributed by atoms with Crippen molar-refractivity contribution in [1.82, 2.24) is 9.97 Å². The molecule has 1 aromatic carbocycles. The third-order valence-corrected chi connectivity index (χ3v) is 2.07. The maximum atomic E-state index is 9.11. The number of benzene rings is 1. The second-order valence-electron chi connectivity index (χ2n) is 3.59. The summed E-state index contributed by atoms with van der Waals surface area (Å²) in [6, 6.07) is 5.49. The molecule has 0 bridgehead atoms. The molecule has 0 saturated heterocycles. The second-order valence-corrected chi connectivity index (χ2v) is 3.59. The van der Waals surface area contributed by atoms with E-state index in [4.69, 9.17) is 10.8 Å². The first-order valence-electron chi connectivity index (χ1n) is 4.82. The molecule has 0 amide bonds. The maximum absolute atomic E-state index is 9.11. The molecule has 2 rings (SSSR count). The van der Waals surface area contributed by atoms with E-state index in [1.807, 2.05) is 18.2 Å². The molecule has 1 atom stereocenters. The van der Waals surface area contributed by atoms with Crippen molar-refractivity contribution in [2.75, 3.05) is 17.6 Å². The molecule has 5 N–H and O–H groups in total. The summed E-state index contributed by atoms with van der Waals surface area (Å²) in [5.74, 6) is 0.650. The van der Waals surface area contributed by atoms with Crippen molar-refractivity contribution in [1.29, 1.82) is 0 Å². The van der Waals surface area contributed by atoms with Gasteiger partial charge < -0.3 is 21.1 Å². The van der Waals surface area contributed by atoms with E-state index in [0.717, 1.165) is 11.0 Å². The van der Waals surface area contributed by atoms with Gasteiger partial charge in [0.25, 0.3) is 0 Å². The molecular weight excluding hydrogens is 192 g/mol. The minimum Gasteiger partial charge on any atom is -0.399 e. The number of aliphatic hydroxyl groups excluding tert-OH is 1. The number of nitrogen functional groups attached to an aromatic ring is 1. The molecule has 0 aliphatic rings. The van der Waals surface area contributed by atoms with Gasteiger partial charge in [0.2, 0.25) is 5.95 Å².